The number of halogens is 1. The van der Waals surface area contributed by atoms with E-state index in [-0.39, 0.29) is 11.6 Å². The van der Waals surface area contributed by atoms with Crippen LogP contribution in [0.4, 0.5) is 4.39 Å². The van der Waals surface area contributed by atoms with Gasteiger partial charge >= 0.3 is 0 Å². The van der Waals surface area contributed by atoms with E-state index in [0.717, 1.165) is 13.1 Å². The summed E-state index contributed by atoms with van der Waals surface area (Å²) in [4.78, 5) is 16.2. The van der Waals surface area contributed by atoms with Gasteiger partial charge in [0.15, 0.2) is 5.78 Å². The van der Waals surface area contributed by atoms with Crippen LogP contribution in [0.25, 0.3) is 0 Å². The van der Waals surface area contributed by atoms with Crippen LogP contribution in [0.2, 0.25) is 0 Å². The fourth-order valence-corrected chi connectivity index (χ4v) is 1.69. The summed E-state index contributed by atoms with van der Waals surface area (Å²) in [5, 5.41) is 0. The number of nitrogens with zero attached hydrogens (tertiary/aromatic N) is 2. The molecule has 19 heavy (non-hydrogen) atoms. The molecule has 0 saturated heterocycles. The number of carbonyl (C=O) groups is 1. The average molecular weight is 266 g/mol. The Balaban J connectivity index is 2.44. The van der Waals surface area contributed by atoms with Gasteiger partial charge in [-0.3, -0.25) is 4.79 Å². The lowest BCUT2D eigenvalue weighted by molar-refractivity contribution is 0.0967. The van der Waals surface area contributed by atoms with Gasteiger partial charge in [-0.2, -0.15) is 0 Å². The molecular formula is C15H23FN2O. The van der Waals surface area contributed by atoms with Gasteiger partial charge in [0, 0.05) is 31.6 Å². The van der Waals surface area contributed by atoms with Crippen molar-refractivity contribution in [2.24, 2.45) is 0 Å². The van der Waals surface area contributed by atoms with Gasteiger partial charge in [-0.25, -0.2) is 4.39 Å². The van der Waals surface area contributed by atoms with Gasteiger partial charge in [-0.05, 0) is 39.7 Å². The Morgan fingerprint density at radius 3 is 2.42 bits per heavy atom. The van der Waals surface area contributed by atoms with E-state index in [1.54, 1.807) is 19.1 Å². The number of aryl methyl sites for hydroxylation is 1. The van der Waals surface area contributed by atoms with Gasteiger partial charge in [0.2, 0.25) is 0 Å². The molecule has 3 nitrogen and oxygen atoms in total. The average Bonchev–Trinajstić information content (AvgIpc) is 2.36. The SMILES string of the molecule is Cc1ccc(C(=O)CCN(C)CCN(C)C)cc1F. The molecule has 0 fully saturated rings. The fraction of sp³-hybridized carbons (Fsp3) is 0.533. The van der Waals surface area contributed by atoms with Crippen LogP contribution in [-0.4, -0.2) is 56.4 Å². The molecule has 0 aromatic heterocycles. The van der Waals surface area contributed by atoms with Crippen LogP contribution in [0.3, 0.4) is 0 Å². The largest absolute Gasteiger partial charge is 0.308 e. The molecule has 0 spiro atoms. The third kappa shape index (κ3) is 5.49. The maximum absolute atomic E-state index is 13.4. The Labute approximate surface area is 115 Å². The zero-order chi connectivity index (χ0) is 14.4. The first-order valence-electron chi connectivity index (χ1n) is 6.53. The fourth-order valence-electron chi connectivity index (χ4n) is 1.69. The van der Waals surface area contributed by atoms with Crippen molar-refractivity contribution in [1.82, 2.24) is 9.80 Å². The minimum atomic E-state index is -0.313. The molecule has 0 heterocycles. The summed E-state index contributed by atoms with van der Waals surface area (Å²) in [6.45, 7) is 4.27. The minimum absolute atomic E-state index is 0.00407. The molecule has 106 valence electrons. The molecule has 0 unspecified atom stereocenters. The second-order valence-electron chi connectivity index (χ2n) is 5.24. The first-order chi connectivity index (χ1) is 8.90. The van der Waals surface area contributed by atoms with Crippen molar-refractivity contribution in [3.63, 3.8) is 0 Å². The van der Waals surface area contributed by atoms with Crippen molar-refractivity contribution in [2.75, 3.05) is 40.8 Å². The molecule has 0 aliphatic heterocycles. The number of hydrogen-bond acceptors (Lipinski definition) is 3. The van der Waals surface area contributed by atoms with Gasteiger partial charge in [0.1, 0.15) is 5.82 Å². The lowest BCUT2D eigenvalue weighted by Crippen LogP contribution is -2.30. The maximum Gasteiger partial charge on any atom is 0.164 e. The van der Waals surface area contributed by atoms with Crippen molar-refractivity contribution in [2.45, 2.75) is 13.3 Å². The predicted molar refractivity (Wildman–Crippen MR) is 76.1 cm³/mol. The summed E-state index contributed by atoms with van der Waals surface area (Å²) < 4.78 is 13.4. The second-order valence-corrected chi connectivity index (χ2v) is 5.24. The van der Waals surface area contributed by atoms with Crippen molar-refractivity contribution >= 4 is 5.78 Å². The molecule has 0 atom stereocenters. The van der Waals surface area contributed by atoms with Crippen molar-refractivity contribution in [3.05, 3.63) is 35.1 Å². The monoisotopic (exact) mass is 266 g/mol. The Hall–Kier alpha value is -1.26. The van der Waals surface area contributed by atoms with Gasteiger partial charge in [0.05, 0.1) is 0 Å². The van der Waals surface area contributed by atoms with Gasteiger partial charge in [-0.15, -0.1) is 0 Å². The van der Waals surface area contributed by atoms with Crippen LogP contribution in [-0.2, 0) is 0 Å². The molecule has 4 heteroatoms. The van der Waals surface area contributed by atoms with Gasteiger partial charge < -0.3 is 9.80 Å². The van der Waals surface area contributed by atoms with Crippen LogP contribution < -0.4 is 0 Å². The standard InChI is InChI=1S/C15H23FN2O/c1-12-5-6-13(11-14(12)16)15(19)7-8-18(4)10-9-17(2)3/h5-6,11H,7-10H2,1-4H3. The highest BCUT2D eigenvalue weighted by Gasteiger charge is 2.09. The molecule has 0 aliphatic carbocycles. The molecule has 0 aliphatic rings. The number of benzene rings is 1. The van der Waals surface area contributed by atoms with Crippen molar-refractivity contribution in [3.8, 4) is 0 Å². The van der Waals surface area contributed by atoms with Crippen molar-refractivity contribution < 1.29 is 9.18 Å². The summed E-state index contributed by atoms with van der Waals surface area (Å²) in [6, 6.07) is 4.68. The molecule has 1 aromatic rings. The Kier molecular flexibility index (Phi) is 6.12. The molecule has 0 N–H and O–H groups in total. The van der Waals surface area contributed by atoms with E-state index in [0.29, 0.717) is 24.1 Å². The third-order valence-corrected chi connectivity index (χ3v) is 3.14. The molecule has 0 amide bonds. The third-order valence-electron chi connectivity index (χ3n) is 3.14. The molecular weight excluding hydrogens is 243 g/mol. The summed E-state index contributed by atoms with van der Waals surface area (Å²) in [5.41, 5.74) is 1.03. The smallest absolute Gasteiger partial charge is 0.164 e. The first kappa shape index (κ1) is 15.8. The number of Topliss-reactive ketones (excluding diaryl/α,β-unsaturated/α-hetero) is 1. The lowest BCUT2D eigenvalue weighted by atomic mass is 10.1. The molecule has 0 radical (unpaired) electrons. The highest BCUT2D eigenvalue weighted by atomic mass is 19.1. The molecule has 1 aromatic carbocycles. The predicted octanol–water partition coefficient (Wildman–Crippen LogP) is 2.20. The van der Waals surface area contributed by atoms with E-state index in [2.05, 4.69) is 9.80 Å². The van der Waals surface area contributed by atoms with E-state index in [4.69, 9.17) is 0 Å². The van der Waals surface area contributed by atoms with E-state index in [1.165, 1.54) is 6.07 Å². The van der Waals surface area contributed by atoms with Crippen LogP contribution in [0, 0.1) is 12.7 Å². The normalized spacial score (nSPS) is 11.3. The zero-order valence-corrected chi connectivity index (χ0v) is 12.2. The molecule has 1 rings (SSSR count). The minimum Gasteiger partial charge on any atom is -0.308 e. The summed E-state index contributed by atoms with van der Waals surface area (Å²) in [7, 11) is 6.04. The van der Waals surface area contributed by atoms with Crippen LogP contribution in [0.15, 0.2) is 18.2 Å². The van der Waals surface area contributed by atoms with Crippen LogP contribution in [0.5, 0.6) is 0 Å². The molecule has 0 saturated carbocycles. The van der Waals surface area contributed by atoms with Crippen molar-refractivity contribution in [1.29, 1.82) is 0 Å². The van der Waals surface area contributed by atoms with Gasteiger partial charge in [-0.1, -0.05) is 12.1 Å². The maximum atomic E-state index is 13.4. The van der Waals surface area contributed by atoms with Crippen LogP contribution in [0.1, 0.15) is 22.3 Å². The highest BCUT2D eigenvalue weighted by molar-refractivity contribution is 5.96. The zero-order valence-electron chi connectivity index (χ0n) is 12.2. The first-order valence-corrected chi connectivity index (χ1v) is 6.53. The quantitative estimate of drug-likeness (QED) is 0.707. The number of carbonyl (C=O) groups excluding carboxylic acids is 1. The van der Waals surface area contributed by atoms with E-state index < -0.39 is 0 Å². The van der Waals surface area contributed by atoms with E-state index in [9.17, 15) is 9.18 Å². The molecule has 0 bridgehead atoms. The van der Waals surface area contributed by atoms with Crippen LogP contribution >= 0.6 is 0 Å². The van der Waals surface area contributed by atoms with E-state index >= 15 is 0 Å². The number of likely N-dealkylation sites (N-methyl/N-ethyl adjacent to an activating group) is 2. The van der Waals surface area contributed by atoms with E-state index in [1.807, 2.05) is 21.1 Å². The number of hydrogen-bond donors (Lipinski definition) is 0. The Bertz CT molecular complexity index is 432. The number of rotatable bonds is 7. The topological polar surface area (TPSA) is 23.6 Å². The summed E-state index contributed by atoms with van der Waals surface area (Å²) >= 11 is 0. The second kappa shape index (κ2) is 7.36. The Morgan fingerprint density at radius 1 is 1.16 bits per heavy atom. The lowest BCUT2D eigenvalue weighted by Gasteiger charge is -2.18. The highest BCUT2D eigenvalue weighted by Crippen LogP contribution is 2.11. The summed E-state index contributed by atoms with van der Waals surface area (Å²) in [5.74, 6) is -0.317. The number of ketones is 1. The Morgan fingerprint density at radius 2 is 1.84 bits per heavy atom. The van der Waals surface area contributed by atoms with Gasteiger partial charge in [0.25, 0.3) is 0 Å². The summed E-state index contributed by atoms with van der Waals surface area (Å²) in [6.07, 6.45) is 0.423.